The van der Waals surface area contributed by atoms with Gasteiger partial charge >= 0.3 is 12.1 Å². The van der Waals surface area contributed by atoms with Crippen molar-refractivity contribution in [3.05, 3.63) is 41.3 Å². The molecule has 0 saturated carbocycles. The van der Waals surface area contributed by atoms with Crippen molar-refractivity contribution in [3.63, 3.8) is 0 Å². The van der Waals surface area contributed by atoms with Gasteiger partial charge < -0.3 is 14.4 Å². The summed E-state index contributed by atoms with van der Waals surface area (Å²) in [5.74, 6) is 0.387. The van der Waals surface area contributed by atoms with Crippen molar-refractivity contribution in [1.29, 1.82) is 0 Å². The number of rotatable bonds is 7. The number of amides is 2. The van der Waals surface area contributed by atoms with Crippen molar-refractivity contribution in [2.45, 2.75) is 31.3 Å². The van der Waals surface area contributed by atoms with Crippen LogP contribution in [-0.2, 0) is 19.1 Å². The molecule has 1 aromatic carbocycles. The molecule has 2 amide bonds. The first-order chi connectivity index (χ1) is 14.1. The number of carbonyl (C=O) groups excluding carboxylic acids is 3. The second-order valence-electron chi connectivity index (χ2n) is 6.97. The number of cyclic esters (lactones) is 1. The largest absolute Gasteiger partial charge is 0.467 e. The highest BCUT2D eigenvalue weighted by Crippen LogP contribution is 2.25. The number of esters is 1. The van der Waals surface area contributed by atoms with Gasteiger partial charge in [-0.25, -0.2) is 9.59 Å². The zero-order valence-corrected chi connectivity index (χ0v) is 17.3. The second-order valence-corrected chi connectivity index (χ2v) is 7.98. The third kappa shape index (κ3) is 5.53. The van der Waals surface area contributed by atoms with Crippen LogP contribution in [0.2, 0.25) is 0 Å². The normalized spacial score (nSPS) is 20.2. The molecule has 0 bridgehead atoms. The van der Waals surface area contributed by atoms with E-state index in [1.165, 1.54) is 12.0 Å². The molecule has 0 aromatic heterocycles. The lowest BCUT2D eigenvalue weighted by Gasteiger charge is -2.37. The maximum Gasteiger partial charge on any atom is 0.410 e. The molecule has 3 rings (SSSR count). The number of hydrogen-bond donors (Lipinski definition) is 0. The van der Waals surface area contributed by atoms with E-state index in [0.29, 0.717) is 32.4 Å². The van der Waals surface area contributed by atoms with Crippen molar-refractivity contribution >= 4 is 35.8 Å². The lowest BCUT2D eigenvalue weighted by molar-refractivity contribution is -0.146. The van der Waals surface area contributed by atoms with E-state index in [1.54, 1.807) is 11.8 Å². The fourth-order valence-electron chi connectivity index (χ4n) is 3.61. The lowest BCUT2D eigenvalue weighted by Crippen LogP contribution is -2.52. The van der Waals surface area contributed by atoms with E-state index in [1.807, 2.05) is 46.7 Å². The second kappa shape index (κ2) is 10.3. The van der Waals surface area contributed by atoms with Crippen molar-refractivity contribution in [2.24, 2.45) is 0 Å². The van der Waals surface area contributed by atoms with E-state index in [0.717, 1.165) is 11.3 Å². The number of ether oxygens (including phenoxy) is 2. The maximum absolute atomic E-state index is 12.5. The number of thioether (sulfide) groups is 1. The average Bonchev–Trinajstić information content (AvgIpc) is 3.15. The number of carbonyl (C=O) groups is 3. The number of nitrogens with zero attached hydrogens (tertiary/aromatic N) is 2. The van der Waals surface area contributed by atoms with E-state index >= 15 is 0 Å². The minimum Gasteiger partial charge on any atom is -0.467 e. The first-order valence-corrected chi connectivity index (χ1v) is 10.8. The summed E-state index contributed by atoms with van der Waals surface area (Å²) in [6, 6.07) is 9.24. The average molecular weight is 419 g/mol. The number of benzene rings is 1. The Kier molecular flexibility index (Phi) is 7.57. The molecular weight excluding hydrogens is 392 g/mol. The maximum atomic E-state index is 12.5. The van der Waals surface area contributed by atoms with Gasteiger partial charge in [0.15, 0.2) is 6.04 Å². The summed E-state index contributed by atoms with van der Waals surface area (Å²) in [6.07, 6.45) is 3.30. The summed E-state index contributed by atoms with van der Waals surface area (Å²) in [6.45, 7) is 1.18. The van der Waals surface area contributed by atoms with Crippen molar-refractivity contribution in [1.82, 2.24) is 9.80 Å². The molecule has 2 aliphatic rings. The number of piperidine rings is 1. The molecule has 1 atom stereocenters. The Morgan fingerprint density at radius 2 is 1.97 bits per heavy atom. The molecular formula is C21H26N2O5S. The van der Waals surface area contributed by atoms with Crippen molar-refractivity contribution < 1.29 is 23.9 Å². The van der Waals surface area contributed by atoms with E-state index in [-0.39, 0.29) is 18.6 Å². The predicted molar refractivity (Wildman–Crippen MR) is 111 cm³/mol. The summed E-state index contributed by atoms with van der Waals surface area (Å²) in [4.78, 5) is 39.7. The van der Waals surface area contributed by atoms with Gasteiger partial charge in [0.25, 0.3) is 0 Å². The monoisotopic (exact) mass is 418 g/mol. The first-order valence-electron chi connectivity index (χ1n) is 9.74. The van der Waals surface area contributed by atoms with Gasteiger partial charge in [-0.1, -0.05) is 30.3 Å². The van der Waals surface area contributed by atoms with Crippen LogP contribution in [0, 0.1) is 0 Å². The Labute approximate surface area is 175 Å². The molecule has 1 aromatic rings. The summed E-state index contributed by atoms with van der Waals surface area (Å²) >= 11 is 1.62. The van der Waals surface area contributed by atoms with Gasteiger partial charge in [0, 0.05) is 31.3 Å². The van der Waals surface area contributed by atoms with Crippen molar-refractivity contribution in [3.8, 4) is 0 Å². The van der Waals surface area contributed by atoms with Crippen LogP contribution in [0.5, 0.6) is 0 Å². The van der Waals surface area contributed by atoms with Crippen molar-refractivity contribution in [2.75, 3.05) is 32.6 Å². The van der Waals surface area contributed by atoms with Gasteiger partial charge in [0.1, 0.15) is 6.61 Å². The van der Waals surface area contributed by atoms with Crippen LogP contribution in [0.4, 0.5) is 4.79 Å². The summed E-state index contributed by atoms with van der Waals surface area (Å²) in [5, 5.41) is 2.01. The zero-order valence-electron chi connectivity index (χ0n) is 16.5. The molecule has 7 nitrogen and oxygen atoms in total. The fraction of sp³-hybridized carbons (Fsp3) is 0.476. The number of hydrogen-bond acceptors (Lipinski definition) is 6. The molecule has 2 fully saturated rings. The van der Waals surface area contributed by atoms with Crippen LogP contribution >= 0.6 is 11.8 Å². The molecule has 2 heterocycles. The minimum absolute atomic E-state index is 0.0262. The topological polar surface area (TPSA) is 76.2 Å². The van der Waals surface area contributed by atoms with E-state index in [2.05, 4.69) is 0 Å². The summed E-state index contributed by atoms with van der Waals surface area (Å²) in [5.41, 5.74) is 1.14. The molecule has 156 valence electrons. The quantitative estimate of drug-likeness (QED) is 0.501. The standard InChI is InChI=1S/C21H26N2O5S/c1-27-20(25)18-15-28-21(26)23(18)17-7-11-22(12-8-17)19(24)10-14-29-13-9-16-5-3-2-4-6-16/h2-6,9,13,17-18H,7-8,10-12,14-15H2,1H3/b13-9-/t18-/m0/s1. The third-order valence-corrected chi connectivity index (χ3v) is 5.95. The SMILES string of the molecule is COC(=O)[C@@H]1COC(=O)N1C1CCN(C(=O)CCS/C=C\c2ccccc2)CC1. The highest BCUT2D eigenvalue weighted by molar-refractivity contribution is 8.02. The van der Waals surface area contributed by atoms with Crippen LogP contribution in [0.1, 0.15) is 24.8 Å². The highest BCUT2D eigenvalue weighted by atomic mass is 32.2. The molecule has 2 aliphatic heterocycles. The van der Waals surface area contributed by atoms with Gasteiger partial charge in [-0.2, -0.15) is 0 Å². The van der Waals surface area contributed by atoms with E-state index in [9.17, 15) is 14.4 Å². The number of methoxy groups -OCH3 is 1. The molecule has 0 aliphatic carbocycles. The Balaban J connectivity index is 1.40. The Bertz CT molecular complexity index is 747. The van der Waals surface area contributed by atoms with E-state index < -0.39 is 18.1 Å². The molecule has 0 unspecified atom stereocenters. The predicted octanol–water partition coefficient (Wildman–Crippen LogP) is 2.77. The minimum atomic E-state index is -0.687. The van der Waals surface area contributed by atoms with Gasteiger partial charge in [-0.15, -0.1) is 11.8 Å². The molecule has 0 N–H and O–H groups in total. The summed E-state index contributed by atoms with van der Waals surface area (Å²) in [7, 11) is 1.30. The van der Waals surface area contributed by atoms with Gasteiger partial charge in [0.2, 0.25) is 5.91 Å². The molecule has 29 heavy (non-hydrogen) atoms. The smallest absolute Gasteiger partial charge is 0.410 e. The first kappa shape index (κ1) is 21.2. The molecule has 0 radical (unpaired) electrons. The fourth-order valence-corrected chi connectivity index (χ4v) is 4.29. The van der Waals surface area contributed by atoms with Crippen LogP contribution in [0.25, 0.3) is 6.08 Å². The zero-order chi connectivity index (χ0) is 20.6. The van der Waals surface area contributed by atoms with Crippen LogP contribution in [0.3, 0.4) is 0 Å². The third-order valence-electron chi connectivity index (χ3n) is 5.19. The lowest BCUT2D eigenvalue weighted by atomic mass is 10.0. The Morgan fingerprint density at radius 3 is 2.66 bits per heavy atom. The molecule has 8 heteroatoms. The highest BCUT2D eigenvalue weighted by Gasteiger charge is 2.44. The Morgan fingerprint density at radius 1 is 1.24 bits per heavy atom. The summed E-state index contributed by atoms with van der Waals surface area (Å²) < 4.78 is 9.80. The van der Waals surface area contributed by atoms with Gasteiger partial charge in [0.05, 0.1) is 7.11 Å². The van der Waals surface area contributed by atoms with Gasteiger partial charge in [-0.3, -0.25) is 9.69 Å². The molecule has 0 spiro atoms. The number of likely N-dealkylation sites (tertiary alicyclic amines) is 1. The Hall–Kier alpha value is -2.48. The van der Waals surface area contributed by atoms with Gasteiger partial charge in [-0.05, 0) is 29.9 Å². The van der Waals surface area contributed by atoms with Crippen LogP contribution < -0.4 is 0 Å². The van der Waals surface area contributed by atoms with Crippen LogP contribution in [0.15, 0.2) is 35.7 Å². The van der Waals surface area contributed by atoms with E-state index in [4.69, 9.17) is 9.47 Å². The van der Waals surface area contributed by atoms with Crippen LogP contribution in [-0.4, -0.2) is 72.4 Å². The molecule has 2 saturated heterocycles.